The number of primary amides is 1. The zero-order valence-corrected chi connectivity index (χ0v) is 10.8. The Kier molecular flexibility index (Phi) is 2.64. The van der Waals surface area contributed by atoms with E-state index in [1.54, 1.807) is 0 Å². The van der Waals surface area contributed by atoms with E-state index in [4.69, 9.17) is 10.5 Å². The first-order valence-electron chi connectivity index (χ1n) is 5.84. The maximum absolute atomic E-state index is 13.6. The standard InChI is InChI=1S/C11H10F3N5O2/c1-21-10(11(12,13)14)5-18(9(15)20)6-4-16-7-2-3-17-19(7)8(6)10/h2-4H,5H2,1H3,(H2,15,20). The summed E-state index contributed by atoms with van der Waals surface area (Å²) in [6.45, 7) is -0.779. The molecule has 3 heterocycles. The van der Waals surface area contributed by atoms with Gasteiger partial charge in [-0.25, -0.2) is 14.3 Å². The summed E-state index contributed by atoms with van der Waals surface area (Å²) in [5, 5.41) is 3.84. The maximum atomic E-state index is 13.6. The summed E-state index contributed by atoms with van der Waals surface area (Å²) in [6, 6.07) is 0.428. The van der Waals surface area contributed by atoms with Crippen LogP contribution in [0.1, 0.15) is 5.69 Å². The number of alkyl halides is 3. The Morgan fingerprint density at radius 2 is 2.24 bits per heavy atom. The first-order chi connectivity index (χ1) is 9.82. The van der Waals surface area contributed by atoms with Crippen LogP contribution in [-0.2, 0) is 10.3 Å². The molecule has 3 rings (SSSR count). The lowest BCUT2D eigenvalue weighted by Crippen LogP contribution is -2.50. The van der Waals surface area contributed by atoms with Crippen molar-refractivity contribution in [2.45, 2.75) is 11.8 Å². The Morgan fingerprint density at radius 3 is 2.81 bits per heavy atom. The van der Waals surface area contributed by atoms with E-state index in [1.807, 2.05) is 0 Å². The van der Waals surface area contributed by atoms with Gasteiger partial charge in [-0.1, -0.05) is 0 Å². The van der Waals surface area contributed by atoms with Gasteiger partial charge in [-0.3, -0.25) is 4.90 Å². The molecule has 0 spiro atoms. The highest BCUT2D eigenvalue weighted by Gasteiger charge is 2.64. The third-order valence-electron chi connectivity index (χ3n) is 3.52. The molecule has 112 valence electrons. The summed E-state index contributed by atoms with van der Waals surface area (Å²) in [7, 11) is 0.928. The number of halogens is 3. The lowest BCUT2D eigenvalue weighted by molar-refractivity contribution is -0.270. The molecule has 21 heavy (non-hydrogen) atoms. The van der Waals surface area contributed by atoms with E-state index in [-0.39, 0.29) is 17.0 Å². The van der Waals surface area contributed by atoms with E-state index in [0.717, 1.165) is 22.7 Å². The number of ether oxygens (including phenoxy) is 1. The van der Waals surface area contributed by atoms with E-state index in [2.05, 4.69) is 10.1 Å². The zero-order valence-electron chi connectivity index (χ0n) is 10.8. The second-order valence-electron chi connectivity index (χ2n) is 4.55. The minimum atomic E-state index is -4.76. The molecule has 2 N–H and O–H groups in total. The van der Waals surface area contributed by atoms with Crippen LogP contribution in [0.4, 0.5) is 23.7 Å². The van der Waals surface area contributed by atoms with Crippen LogP contribution in [0.5, 0.6) is 0 Å². The first kappa shape index (κ1) is 13.6. The maximum Gasteiger partial charge on any atom is 0.425 e. The largest absolute Gasteiger partial charge is 0.425 e. The van der Waals surface area contributed by atoms with E-state index in [0.29, 0.717) is 0 Å². The van der Waals surface area contributed by atoms with E-state index < -0.39 is 24.4 Å². The predicted molar refractivity (Wildman–Crippen MR) is 64.7 cm³/mol. The quantitative estimate of drug-likeness (QED) is 0.852. The molecule has 0 aliphatic carbocycles. The summed E-state index contributed by atoms with van der Waals surface area (Å²) < 4.78 is 46.6. The van der Waals surface area contributed by atoms with Gasteiger partial charge in [-0.2, -0.15) is 18.3 Å². The summed E-state index contributed by atoms with van der Waals surface area (Å²) in [6.07, 6.45) is -2.29. The van der Waals surface area contributed by atoms with Crippen molar-refractivity contribution in [1.29, 1.82) is 0 Å². The fourth-order valence-corrected chi connectivity index (χ4v) is 2.52. The number of carbonyl (C=O) groups excluding carboxylic acids is 1. The van der Waals surface area contributed by atoms with Crippen molar-refractivity contribution in [1.82, 2.24) is 14.6 Å². The van der Waals surface area contributed by atoms with Gasteiger partial charge in [0.05, 0.1) is 24.6 Å². The molecule has 1 atom stereocenters. The third kappa shape index (κ3) is 1.62. The van der Waals surface area contributed by atoms with Crippen LogP contribution < -0.4 is 10.6 Å². The van der Waals surface area contributed by atoms with Crippen molar-refractivity contribution in [3.05, 3.63) is 24.2 Å². The highest BCUT2D eigenvalue weighted by atomic mass is 19.4. The van der Waals surface area contributed by atoms with Crippen molar-refractivity contribution in [2.24, 2.45) is 5.73 Å². The molecule has 1 aliphatic rings. The van der Waals surface area contributed by atoms with Gasteiger partial charge < -0.3 is 10.5 Å². The molecule has 10 heteroatoms. The van der Waals surface area contributed by atoms with Gasteiger partial charge in [0.2, 0.25) is 5.60 Å². The summed E-state index contributed by atoms with van der Waals surface area (Å²) >= 11 is 0. The number of aromatic nitrogens is 3. The molecule has 1 unspecified atom stereocenters. The molecule has 0 fully saturated rings. The van der Waals surface area contributed by atoms with Crippen molar-refractivity contribution >= 4 is 17.4 Å². The predicted octanol–water partition coefficient (Wildman–Crippen LogP) is 1.03. The molecule has 0 saturated carbocycles. The SMILES string of the molecule is COC1(C(F)(F)F)CN(C(N)=O)c2cnc3ccnn3c21. The lowest BCUT2D eigenvalue weighted by Gasteiger charge is -2.30. The molecule has 0 radical (unpaired) electrons. The number of nitrogens with two attached hydrogens (primary N) is 1. The first-order valence-corrected chi connectivity index (χ1v) is 5.84. The average Bonchev–Trinajstić information content (AvgIpc) is 2.99. The Bertz CT molecular complexity index is 728. The van der Waals surface area contributed by atoms with E-state index >= 15 is 0 Å². The van der Waals surface area contributed by atoms with Crippen LogP contribution >= 0.6 is 0 Å². The van der Waals surface area contributed by atoms with E-state index in [1.165, 1.54) is 12.3 Å². The highest BCUT2D eigenvalue weighted by Crippen LogP contribution is 2.50. The molecule has 0 aromatic carbocycles. The zero-order chi connectivity index (χ0) is 15.4. The monoisotopic (exact) mass is 301 g/mol. The lowest BCUT2D eigenvalue weighted by atomic mass is 10.0. The van der Waals surface area contributed by atoms with Gasteiger partial charge in [-0.05, 0) is 0 Å². The Morgan fingerprint density at radius 1 is 1.52 bits per heavy atom. The number of fused-ring (bicyclic) bond motifs is 3. The topological polar surface area (TPSA) is 85.8 Å². The summed E-state index contributed by atoms with van der Waals surface area (Å²) in [5.74, 6) is 0. The molecule has 1 aliphatic heterocycles. The van der Waals surface area contributed by atoms with Crippen molar-refractivity contribution in [2.75, 3.05) is 18.6 Å². The van der Waals surface area contributed by atoms with Crippen LogP contribution in [0.2, 0.25) is 0 Å². The number of amides is 2. The number of nitrogens with zero attached hydrogens (tertiary/aromatic N) is 4. The minimum absolute atomic E-state index is 0.0714. The second-order valence-corrected chi connectivity index (χ2v) is 4.55. The van der Waals surface area contributed by atoms with Crippen LogP contribution in [0.3, 0.4) is 0 Å². The van der Waals surface area contributed by atoms with Crippen LogP contribution in [0, 0.1) is 0 Å². The average molecular weight is 301 g/mol. The Balaban J connectivity index is 2.38. The minimum Gasteiger partial charge on any atom is -0.362 e. The number of anilines is 1. The fourth-order valence-electron chi connectivity index (χ4n) is 2.52. The third-order valence-corrected chi connectivity index (χ3v) is 3.52. The van der Waals surface area contributed by atoms with Gasteiger partial charge in [0.25, 0.3) is 0 Å². The number of rotatable bonds is 1. The Labute approximate surface area is 116 Å². The number of urea groups is 1. The number of hydrogen-bond donors (Lipinski definition) is 1. The van der Waals surface area contributed by atoms with Crippen LogP contribution in [0.25, 0.3) is 5.65 Å². The molecule has 0 saturated heterocycles. The van der Waals surface area contributed by atoms with Crippen molar-refractivity contribution < 1.29 is 22.7 Å². The van der Waals surface area contributed by atoms with Crippen molar-refractivity contribution in [3.8, 4) is 0 Å². The molecule has 0 bridgehead atoms. The molecular weight excluding hydrogens is 291 g/mol. The summed E-state index contributed by atoms with van der Waals surface area (Å²) in [4.78, 5) is 16.2. The molecule has 2 amide bonds. The Hall–Kier alpha value is -2.36. The summed E-state index contributed by atoms with van der Waals surface area (Å²) in [5.41, 5.74) is 2.28. The van der Waals surface area contributed by atoms with Gasteiger partial charge in [0.15, 0.2) is 5.65 Å². The van der Waals surface area contributed by atoms with E-state index in [9.17, 15) is 18.0 Å². The second kappa shape index (κ2) is 4.07. The smallest absolute Gasteiger partial charge is 0.362 e. The van der Waals surface area contributed by atoms with Gasteiger partial charge in [0.1, 0.15) is 5.69 Å². The van der Waals surface area contributed by atoms with Gasteiger partial charge >= 0.3 is 12.2 Å². The number of methoxy groups -OCH3 is 1. The normalized spacial score (nSPS) is 21.8. The van der Waals surface area contributed by atoms with Crippen molar-refractivity contribution in [3.63, 3.8) is 0 Å². The van der Waals surface area contributed by atoms with Gasteiger partial charge in [0, 0.05) is 13.2 Å². The highest BCUT2D eigenvalue weighted by molar-refractivity contribution is 5.93. The van der Waals surface area contributed by atoms with Gasteiger partial charge in [-0.15, -0.1) is 0 Å². The molecule has 7 nitrogen and oxygen atoms in total. The molecular formula is C11H10F3N5O2. The number of hydrogen-bond acceptors (Lipinski definition) is 4. The molecule has 2 aromatic rings. The number of carbonyl (C=O) groups is 1. The molecule has 2 aromatic heterocycles. The fraction of sp³-hybridized carbons (Fsp3) is 0.364. The van der Waals surface area contributed by atoms with Crippen LogP contribution in [0.15, 0.2) is 18.5 Å². The van der Waals surface area contributed by atoms with Crippen LogP contribution in [-0.4, -0.2) is 40.5 Å².